The lowest BCUT2D eigenvalue weighted by Gasteiger charge is -2.43. The van der Waals surface area contributed by atoms with E-state index in [4.69, 9.17) is 0 Å². The van der Waals surface area contributed by atoms with E-state index in [1.165, 1.54) is 64.2 Å². The Balaban J connectivity index is 1.95. The van der Waals surface area contributed by atoms with Gasteiger partial charge in [0.15, 0.2) is 0 Å². The van der Waals surface area contributed by atoms with E-state index in [0.717, 1.165) is 31.6 Å². The first-order chi connectivity index (χ1) is 10.3. The summed E-state index contributed by atoms with van der Waals surface area (Å²) in [6.07, 6.45) is 15.1. The lowest BCUT2D eigenvalue weighted by Crippen LogP contribution is -2.52. The van der Waals surface area contributed by atoms with E-state index >= 15 is 0 Å². The molecule has 2 N–H and O–H groups in total. The topological polar surface area (TPSA) is 35.5 Å². The lowest BCUT2D eigenvalue weighted by molar-refractivity contribution is 0.0605. The molecule has 0 aromatic rings. The zero-order valence-electron chi connectivity index (χ0n) is 14.0. The summed E-state index contributed by atoms with van der Waals surface area (Å²) >= 11 is 0. The van der Waals surface area contributed by atoms with Gasteiger partial charge in [-0.15, -0.1) is 0 Å². The third-order valence-electron chi connectivity index (χ3n) is 5.42. The predicted molar refractivity (Wildman–Crippen MR) is 89.6 cm³/mol. The van der Waals surface area contributed by atoms with Gasteiger partial charge >= 0.3 is 0 Å². The van der Waals surface area contributed by atoms with Crippen molar-refractivity contribution in [3.63, 3.8) is 0 Å². The number of nitrogens with zero attached hydrogens (tertiary/aromatic N) is 1. The van der Waals surface area contributed by atoms with E-state index in [9.17, 15) is 5.11 Å². The van der Waals surface area contributed by atoms with Gasteiger partial charge in [-0.1, -0.05) is 45.4 Å². The molecule has 2 rings (SSSR count). The second kappa shape index (κ2) is 9.81. The number of hydrogen-bond acceptors (Lipinski definition) is 3. The average Bonchev–Trinajstić information content (AvgIpc) is 2.57. The Morgan fingerprint density at radius 3 is 1.90 bits per heavy atom. The minimum absolute atomic E-state index is 0.258. The van der Waals surface area contributed by atoms with Crippen molar-refractivity contribution in [3.8, 4) is 0 Å². The summed E-state index contributed by atoms with van der Waals surface area (Å²) in [6.45, 7) is 4.54. The quantitative estimate of drug-likeness (QED) is 0.721. The number of aliphatic hydroxyl groups excluding tert-OH is 1. The molecule has 3 nitrogen and oxygen atoms in total. The molecule has 2 aliphatic carbocycles. The van der Waals surface area contributed by atoms with Crippen molar-refractivity contribution in [2.45, 2.75) is 95.7 Å². The Bertz CT molecular complexity index is 242. The van der Waals surface area contributed by atoms with Crippen molar-refractivity contribution in [1.82, 2.24) is 10.2 Å². The van der Waals surface area contributed by atoms with Crippen LogP contribution in [0, 0.1) is 0 Å². The highest BCUT2D eigenvalue weighted by atomic mass is 16.3. The molecular formula is C18H36N2O. The van der Waals surface area contributed by atoms with E-state index in [1.807, 2.05) is 0 Å². The van der Waals surface area contributed by atoms with Crippen molar-refractivity contribution >= 4 is 0 Å². The minimum Gasteiger partial charge on any atom is -0.395 e. The number of rotatable bonds is 8. The molecule has 3 heteroatoms. The molecule has 0 aromatic carbocycles. The molecule has 0 aliphatic heterocycles. The monoisotopic (exact) mass is 296 g/mol. The molecule has 124 valence electrons. The van der Waals surface area contributed by atoms with Crippen LogP contribution in [0.4, 0.5) is 0 Å². The fourth-order valence-corrected chi connectivity index (χ4v) is 4.21. The van der Waals surface area contributed by atoms with Gasteiger partial charge in [-0.05, 0) is 38.6 Å². The van der Waals surface area contributed by atoms with Crippen molar-refractivity contribution in [1.29, 1.82) is 0 Å². The third-order valence-corrected chi connectivity index (χ3v) is 5.42. The van der Waals surface area contributed by atoms with Crippen LogP contribution in [0.25, 0.3) is 0 Å². The van der Waals surface area contributed by atoms with Crippen molar-refractivity contribution in [3.05, 3.63) is 0 Å². The molecule has 0 radical (unpaired) electrons. The van der Waals surface area contributed by atoms with Crippen LogP contribution in [0.1, 0.15) is 77.6 Å². The highest BCUT2D eigenvalue weighted by Crippen LogP contribution is 2.30. The van der Waals surface area contributed by atoms with Gasteiger partial charge in [-0.2, -0.15) is 0 Å². The van der Waals surface area contributed by atoms with Crippen molar-refractivity contribution < 1.29 is 5.11 Å². The zero-order valence-corrected chi connectivity index (χ0v) is 14.0. The van der Waals surface area contributed by atoms with Crippen LogP contribution < -0.4 is 5.32 Å². The fourth-order valence-electron chi connectivity index (χ4n) is 4.21. The van der Waals surface area contributed by atoms with Crippen LogP contribution in [-0.4, -0.2) is 47.8 Å². The maximum atomic E-state index is 9.71. The minimum atomic E-state index is 0.258. The van der Waals surface area contributed by atoms with E-state index in [-0.39, 0.29) is 12.6 Å². The Hall–Kier alpha value is -0.120. The van der Waals surface area contributed by atoms with Gasteiger partial charge in [0.25, 0.3) is 0 Å². The molecule has 2 aliphatic rings. The van der Waals surface area contributed by atoms with Gasteiger partial charge in [-0.3, -0.25) is 4.90 Å². The van der Waals surface area contributed by atoms with Crippen LogP contribution in [0.15, 0.2) is 0 Å². The van der Waals surface area contributed by atoms with E-state index in [2.05, 4.69) is 17.1 Å². The zero-order chi connectivity index (χ0) is 14.9. The molecule has 0 bridgehead atoms. The molecule has 0 heterocycles. The summed E-state index contributed by atoms with van der Waals surface area (Å²) in [6, 6.07) is 1.81. The van der Waals surface area contributed by atoms with Crippen LogP contribution in [0.2, 0.25) is 0 Å². The molecule has 1 unspecified atom stereocenters. The second-order valence-electron chi connectivity index (χ2n) is 7.11. The molecule has 0 aromatic heterocycles. The molecule has 1 atom stereocenters. The van der Waals surface area contributed by atoms with Crippen LogP contribution in [0.3, 0.4) is 0 Å². The molecule has 0 spiro atoms. The Labute approximate surface area is 131 Å². The number of aliphatic hydroxyl groups is 1. The van der Waals surface area contributed by atoms with Gasteiger partial charge in [0.05, 0.1) is 6.61 Å². The normalized spacial score (nSPS) is 23.6. The van der Waals surface area contributed by atoms with Gasteiger partial charge in [0.1, 0.15) is 0 Å². The summed E-state index contributed by atoms with van der Waals surface area (Å²) in [5, 5.41) is 13.2. The molecule has 21 heavy (non-hydrogen) atoms. The molecule has 0 amide bonds. The first-order valence-electron chi connectivity index (χ1n) is 9.45. The van der Waals surface area contributed by atoms with Gasteiger partial charge in [0.2, 0.25) is 0 Å². The fraction of sp³-hybridized carbons (Fsp3) is 1.00. The van der Waals surface area contributed by atoms with Gasteiger partial charge in [-0.25, -0.2) is 0 Å². The van der Waals surface area contributed by atoms with Gasteiger partial charge in [0, 0.05) is 24.7 Å². The number of nitrogens with one attached hydrogen (secondary N) is 1. The molecule has 0 saturated heterocycles. The Morgan fingerprint density at radius 2 is 1.48 bits per heavy atom. The van der Waals surface area contributed by atoms with Crippen LogP contribution >= 0.6 is 0 Å². The largest absolute Gasteiger partial charge is 0.395 e. The highest BCUT2D eigenvalue weighted by molar-refractivity contribution is 4.86. The second-order valence-corrected chi connectivity index (χ2v) is 7.11. The molecule has 2 saturated carbocycles. The maximum Gasteiger partial charge on any atom is 0.0597 e. The standard InChI is InChI=1S/C18H36N2O/c1-2-13-19-16(15-21)14-20(17-9-5-3-6-10-17)18-11-7-4-8-12-18/h16-19,21H,2-15H2,1H3. The lowest BCUT2D eigenvalue weighted by atomic mass is 9.88. The van der Waals surface area contributed by atoms with Crippen LogP contribution in [0.5, 0.6) is 0 Å². The van der Waals surface area contributed by atoms with Crippen LogP contribution in [-0.2, 0) is 0 Å². The first-order valence-corrected chi connectivity index (χ1v) is 9.45. The van der Waals surface area contributed by atoms with Gasteiger partial charge < -0.3 is 10.4 Å². The number of hydrogen-bond donors (Lipinski definition) is 2. The van der Waals surface area contributed by atoms with Crippen molar-refractivity contribution in [2.75, 3.05) is 19.7 Å². The Kier molecular flexibility index (Phi) is 8.05. The summed E-state index contributed by atoms with van der Waals surface area (Å²) in [5.41, 5.74) is 0. The SMILES string of the molecule is CCCNC(CO)CN(C1CCCCC1)C1CCCCC1. The predicted octanol–water partition coefficient (Wildman–Crippen LogP) is 3.31. The summed E-state index contributed by atoms with van der Waals surface area (Å²) in [5.74, 6) is 0. The highest BCUT2D eigenvalue weighted by Gasteiger charge is 2.30. The molecule has 2 fully saturated rings. The van der Waals surface area contributed by atoms with Crippen molar-refractivity contribution in [2.24, 2.45) is 0 Å². The van der Waals surface area contributed by atoms with E-state index in [0.29, 0.717) is 0 Å². The Morgan fingerprint density at radius 1 is 0.952 bits per heavy atom. The third kappa shape index (κ3) is 5.54. The van der Waals surface area contributed by atoms with E-state index in [1.54, 1.807) is 0 Å². The maximum absolute atomic E-state index is 9.71. The summed E-state index contributed by atoms with van der Waals surface area (Å²) < 4.78 is 0. The summed E-state index contributed by atoms with van der Waals surface area (Å²) in [7, 11) is 0. The van der Waals surface area contributed by atoms with E-state index < -0.39 is 0 Å². The smallest absolute Gasteiger partial charge is 0.0597 e. The average molecular weight is 296 g/mol. The first kappa shape index (κ1) is 17.2. The summed E-state index contributed by atoms with van der Waals surface area (Å²) in [4.78, 5) is 2.79. The molecular weight excluding hydrogens is 260 g/mol.